The number of ether oxygens (including phenoxy) is 3. The smallest absolute Gasteiger partial charge is 0.126 e. The first-order valence-corrected chi connectivity index (χ1v) is 6.36. The van der Waals surface area contributed by atoms with Crippen LogP contribution in [0.3, 0.4) is 0 Å². The maximum Gasteiger partial charge on any atom is 0.126 e. The maximum absolute atomic E-state index is 5.68. The molecule has 0 aliphatic rings. The van der Waals surface area contributed by atoms with E-state index in [0.29, 0.717) is 6.61 Å². The third kappa shape index (κ3) is 5.27. The highest BCUT2D eigenvalue weighted by molar-refractivity contribution is 5.41. The molecular weight excluding hydrogens is 230 g/mol. The van der Waals surface area contributed by atoms with E-state index >= 15 is 0 Å². The Morgan fingerprint density at radius 2 is 1.56 bits per heavy atom. The largest absolute Gasteiger partial charge is 0.496 e. The monoisotopic (exact) mass is 253 g/mol. The molecule has 0 unspecified atom stereocenters. The van der Waals surface area contributed by atoms with Crippen molar-refractivity contribution in [2.75, 3.05) is 33.9 Å². The number of hydrogen-bond donors (Lipinski definition) is 1. The third-order valence-corrected chi connectivity index (χ3v) is 2.59. The molecule has 4 heteroatoms. The van der Waals surface area contributed by atoms with Gasteiger partial charge in [-0.05, 0) is 25.9 Å². The standard InChI is InChI=1S/C14H23NO3/c1-4-15-7-5-6-8-18-14-10-12(16-2)9-13(11-14)17-3/h9-11,15H,4-8H2,1-3H3. The molecule has 0 bridgehead atoms. The fourth-order valence-electron chi connectivity index (χ4n) is 1.58. The first kappa shape index (κ1) is 14.6. The molecule has 0 amide bonds. The molecule has 1 N–H and O–H groups in total. The molecule has 0 fully saturated rings. The van der Waals surface area contributed by atoms with Gasteiger partial charge < -0.3 is 19.5 Å². The number of hydrogen-bond acceptors (Lipinski definition) is 4. The van der Waals surface area contributed by atoms with Crippen LogP contribution in [-0.4, -0.2) is 33.9 Å². The first-order chi connectivity index (χ1) is 8.80. The third-order valence-electron chi connectivity index (χ3n) is 2.59. The normalized spacial score (nSPS) is 10.2. The summed E-state index contributed by atoms with van der Waals surface area (Å²) in [6.07, 6.45) is 2.15. The van der Waals surface area contributed by atoms with Gasteiger partial charge in [-0.3, -0.25) is 0 Å². The van der Waals surface area contributed by atoms with Crippen LogP contribution in [0.5, 0.6) is 17.2 Å². The Hall–Kier alpha value is -1.42. The summed E-state index contributed by atoms with van der Waals surface area (Å²) in [7, 11) is 3.27. The van der Waals surface area contributed by atoms with E-state index in [1.807, 2.05) is 18.2 Å². The fraction of sp³-hybridized carbons (Fsp3) is 0.571. The number of unbranched alkanes of at least 4 members (excludes halogenated alkanes) is 1. The number of benzene rings is 1. The van der Waals surface area contributed by atoms with Gasteiger partial charge in [-0.1, -0.05) is 6.92 Å². The van der Waals surface area contributed by atoms with Gasteiger partial charge in [0.1, 0.15) is 17.2 Å². The molecule has 0 heterocycles. The Labute approximate surface area is 109 Å². The van der Waals surface area contributed by atoms with Gasteiger partial charge in [0.05, 0.1) is 20.8 Å². The quantitative estimate of drug-likeness (QED) is 0.686. The molecule has 0 saturated heterocycles. The molecule has 1 rings (SSSR count). The molecule has 0 atom stereocenters. The lowest BCUT2D eigenvalue weighted by Gasteiger charge is -2.10. The minimum atomic E-state index is 0.710. The fourth-order valence-corrected chi connectivity index (χ4v) is 1.58. The van der Waals surface area contributed by atoms with E-state index in [2.05, 4.69) is 12.2 Å². The SMILES string of the molecule is CCNCCCCOc1cc(OC)cc(OC)c1. The summed E-state index contributed by atoms with van der Waals surface area (Å²) >= 11 is 0. The van der Waals surface area contributed by atoms with Gasteiger partial charge in [-0.15, -0.1) is 0 Å². The summed E-state index contributed by atoms with van der Waals surface area (Å²) in [5, 5.41) is 3.29. The lowest BCUT2D eigenvalue weighted by molar-refractivity contribution is 0.301. The molecule has 0 aliphatic heterocycles. The summed E-state index contributed by atoms with van der Waals surface area (Å²) in [6.45, 7) is 4.88. The Morgan fingerprint density at radius 3 is 2.11 bits per heavy atom. The van der Waals surface area contributed by atoms with Gasteiger partial charge in [-0.25, -0.2) is 0 Å². The van der Waals surface area contributed by atoms with Crippen molar-refractivity contribution >= 4 is 0 Å². The van der Waals surface area contributed by atoms with Crippen LogP contribution >= 0.6 is 0 Å². The molecule has 0 aromatic heterocycles. The molecule has 0 saturated carbocycles. The van der Waals surface area contributed by atoms with Crippen molar-refractivity contribution in [2.24, 2.45) is 0 Å². The van der Waals surface area contributed by atoms with Crippen LogP contribution in [0.1, 0.15) is 19.8 Å². The lowest BCUT2D eigenvalue weighted by atomic mass is 10.3. The highest BCUT2D eigenvalue weighted by atomic mass is 16.5. The molecule has 4 nitrogen and oxygen atoms in total. The first-order valence-electron chi connectivity index (χ1n) is 6.36. The summed E-state index contributed by atoms with van der Waals surface area (Å²) in [5.74, 6) is 2.28. The second-order valence-corrected chi connectivity index (χ2v) is 3.96. The van der Waals surface area contributed by atoms with Gasteiger partial charge in [-0.2, -0.15) is 0 Å². The van der Waals surface area contributed by atoms with E-state index in [1.54, 1.807) is 14.2 Å². The molecule has 102 valence electrons. The van der Waals surface area contributed by atoms with E-state index in [0.717, 1.165) is 43.2 Å². The van der Waals surface area contributed by atoms with Crippen LogP contribution in [0.25, 0.3) is 0 Å². The van der Waals surface area contributed by atoms with Gasteiger partial charge in [0.15, 0.2) is 0 Å². The highest BCUT2D eigenvalue weighted by Gasteiger charge is 2.02. The van der Waals surface area contributed by atoms with Crippen molar-refractivity contribution < 1.29 is 14.2 Å². The molecule has 18 heavy (non-hydrogen) atoms. The van der Waals surface area contributed by atoms with Gasteiger partial charge >= 0.3 is 0 Å². The van der Waals surface area contributed by atoms with Crippen molar-refractivity contribution in [2.45, 2.75) is 19.8 Å². The van der Waals surface area contributed by atoms with Gasteiger partial charge in [0.25, 0.3) is 0 Å². The van der Waals surface area contributed by atoms with Crippen molar-refractivity contribution in [3.63, 3.8) is 0 Å². The summed E-state index contributed by atoms with van der Waals surface area (Å²) in [4.78, 5) is 0. The molecular formula is C14H23NO3. The van der Waals surface area contributed by atoms with E-state index in [-0.39, 0.29) is 0 Å². The lowest BCUT2D eigenvalue weighted by Crippen LogP contribution is -2.14. The van der Waals surface area contributed by atoms with Crippen molar-refractivity contribution in [3.05, 3.63) is 18.2 Å². The van der Waals surface area contributed by atoms with Crippen molar-refractivity contribution in [1.29, 1.82) is 0 Å². The van der Waals surface area contributed by atoms with Crippen LogP contribution in [-0.2, 0) is 0 Å². The molecule has 1 aromatic rings. The Morgan fingerprint density at radius 1 is 0.944 bits per heavy atom. The second-order valence-electron chi connectivity index (χ2n) is 3.96. The molecule has 1 aromatic carbocycles. The Balaban J connectivity index is 2.36. The zero-order valence-electron chi connectivity index (χ0n) is 11.5. The van der Waals surface area contributed by atoms with Crippen molar-refractivity contribution in [1.82, 2.24) is 5.32 Å². The summed E-state index contributed by atoms with van der Waals surface area (Å²) in [5.41, 5.74) is 0. The van der Waals surface area contributed by atoms with E-state index < -0.39 is 0 Å². The average molecular weight is 253 g/mol. The van der Waals surface area contributed by atoms with Crippen LogP contribution in [0.15, 0.2) is 18.2 Å². The molecule has 0 radical (unpaired) electrons. The average Bonchev–Trinajstić information content (AvgIpc) is 2.42. The van der Waals surface area contributed by atoms with Gasteiger partial charge in [0, 0.05) is 18.2 Å². The maximum atomic E-state index is 5.68. The van der Waals surface area contributed by atoms with Crippen LogP contribution in [0, 0.1) is 0 Å². The number of methoxy groups -OCH3 is 2. The van der Waals surface area contributed by atoms with Crippen LogP contribution in [0.4, 0.5) is 0 Å². The van der Waals surface area contributed by atoms with E-state index in [4.69, 9.17) is 14.2 Å². The van der Waals surface area contributed by atoms with Crippen molar-refractivity contribution in [3.8, 4) is 17.2 Å². The Kier molecular flexibility index (Phi) is 7.03. The number of nitrogens with one attached hydrogen (secondary N) is 1. The van der Waals surface area contributed by atoms with Crippen LogP contribution in [0.2, 0.25) is 0 Å². The zero-order valence-corrected chi connectivity index (χ0v) is 11.5. The number of rotatable bonds is 9. The van der Waals surface area contributed by atoms with Crippen LogP contribution < -0.4 is 19.5 Å². The topological polar surface area (TPSA) is 39.7 Å². The summed E-state index contributed by atoms with van der Waals surface area (Å²) in [6, 6.07) is 5.57. The minimum absolute atomic E-state index is 0.710. The second kappa shape index (κ2) is 8.64. The minimum Gasteiger partial charge on any atom is -0.496 e. The van der Waals surface area contributed by atoms with E-state index in [9.17, 15) is 0 Å². The summed E-state index contributed by atoms with van der Waals surface area (Å²) < 4.78 is 16.1. The Bertz CT molecular complexity index is 320. The molecule has 0 spiro atoms. The van der Waals surface area contributed by atoms with E-state index in [1.165, 1.54) is 0 Å². The zero-order chi connectivity index (χ0) is 13.2. The predicted molar refractivity (Wildman–Crippen MR) is 72.8 cm³/mol. The molecule has 0 aliphatic carbocycles. The predicted octanol–water partition coefficient (Wildman–Crippen LogP) is 2.47. The highest BCUT2D eigenvalue weighted by Crippen LogP contribution is 2.27. The van der Waals surface area contributed by atoms with Gasteiger partial charge in [0.2, 0.25) is 0 Å².